The first kappa shape index (κ1) is 16.9. The number of methoxy groups -OCH3 is 1. The molecule has 1 amide bonds. The molecule has 0 bridgehead atoms. The van der Waals surface area contributed by atoms with Crippen LogP contribution in [0.3, 0.4) is 0 Å². The first-order valence-electron chi connectivity index (χ1n) is 6.91. The van der Waals surface area contributed by atoms with Gasteiger partial charge in [-0.15, -0.1) is 11.8 Å². The van der Waals surface area contributed by atoms with E-state index >= 15 is 0 Å². The lowest BCUT2D eigenvalue weighted by Crippen LogP contribution is -2.27. The Morgan fingerprint density at radius 1 is 1.13 bits per heavy atom. The minimum absolute atomic E-state index is 0.254. The van der Waals surface area contributed by atoms with Gasteiger partial charge < -0.3 is 20.0 Å². The van der Waals surface area contributed by atoms with Gasteiger partial charge in [0.15, 0.2) is 0 Å². The van der Waals surface area contributed by atoms with Crippen molar-refractivity contribution in [3.8, 4) is 5.75 Å². The van der Waals surface area contributed by atoms with Gasteiger partial charge in [0.2, 0.25) is 5.91 Å². The van der Waals surface area contributed by atoms with Crippen LogP contribution in [0.1, 0.15) is 10.8 Å². The van der Waals surface area contributed by atoms with Crippen molar-refractivity contribution in [2.75, 3.05) is 18.2 Å². The maximum atomic E-state index is 12.5. The standard InChI is InChI=1S/C17H17NO4S/c1-22-14-9-7-13(8-10-14)18-17(21)16(23-11-15(19)20)12-5-3-2-4-6-12/h2-10,16H,11H2,1H3,(H,18,21)(H,19,20)/p-1/t16-/m1/s1. The van der Waals surface area contributed by atoms with Gasteiger partial charge in [-0.3, -0.25) is 4.79 Å². The number of carboxylic acids is 1. The molecule has 1 atom stereocenters. The molecule has 1 N–H and O–H groups in total. The zero-order valence-electron chi connectivity index (χ0n) is 12.5. The molecule has 0 aliphatic rings. The molecule has 0 aliphatic carbocycles. The lowest BCUT2D eigenvalue weighted by molar-refractivity contribution is -0.301. The molecule has 0 aromatic heterocycles. The van der Waals surface area contributed by atoms with Gasteiger partial charge >= 0.3 is 0 Å². The van der Waals surface area contributed by atoms with E-state index in [4.69, 9.17) is 4.74 Å². The molecule has 0 heterocycles. The minimum atomic E-state index is -1.20. The SMILES string of the molecule is COc1ccc(NC(=O)[C@H](SCC(=O)[O-])c2ccccc2)cc1. The molecule has 2 aromatic carbocycles. The number of rotatable bonds is 7. The number of nitrogens with one attached hydrogen (secondary N) is 1. The summed E-state index contributed by atoms with van der Waals surface area (Å²) in [6.07, 6.45) is 0. The molecule has 0 saturated carbocycles. The van der Waals surface area contributed by atoms with E-state index in [1.165, 1.54) is 0 Å². The van der Waals surface area contributed by atoms with Crippen LogP contribution in [0, 0.1) is 0 Å². The average molecular weight is 330 g/mol. The van der Waals surface area contributed by atoms with Crippen molar-refractivity contribution in [2.24, 2.45) is 0 Å². The molecule has 2 aromatic rings. The number of benzene rings is 2. The summed E-state index contributed by atoms with van der Waals surface area (Å²) < 4.78 is 5.07. The Labute approximate surface area is 138 Å². The number of amides is 1. The third-order valence-electron chi connectivity index (χ3n) is 3.07. The summed E-state index contributed by atoms with van der Waals surface area (Å²) in [4.78, 5) is 23.2. The number of aliphatic carboxylic acids is 1. The summed E-state index contributed by atoms with van der Waals surface area (Å²) in [6.45, 7) is 0. The summed E-state index contributed by atoms with van der Waals surface area (Å²) >= 11 is 1.02. The topological polar surface area (TPSA) is 78.5 Å². The molecular weight excluding hydrogens is 314 g/mol. The Morgan fingerprint density at radius 2 is 1.78 bits per heavy atom. The van der Waals surface area contributed by atoms with Gasteiger partial charge in [0, 0.05) is 11.4 Å². The van der Waals surface area contributed by atoms with E-state index in [0.29, 0.717) is 11.4 Å². The van der Waals surface area contributed by atoms with Crippen molar-refractivity contribution in [2.45, 2.75) is 5.25 Å². The normalized spacial score (nSPS) is 11.5. The van der Waals surface area contributed by atoms with Crippen LogP contribution in [0.4, 0.5) is 5.69 Å². The first-order chi connectivity index (χ1) is 11.1. The smallest absolute Gasteiger partial charge is 0.242 e. The summed E-state index contributed by atoms with van der Waals surface area (Å²) in [5.74, 6) is -1.05. The van der Waals surface area contributed by atoms with Crippen LogP contribution < -0.4 is 15.2 Å². The first-order valence-corrected chi connectivity index (χ1v) is 7.96. The van der Waals surface area contributed by atoms with E-state index in [1.54, 1.807) is 43.5 Å². The second-order valence-electron chi connectivity index (χ2n) is 4.69. The van der Waals surface area contributed by atoms with E-state index in [2.05, 4.69) is 5.32 Å². The fraction of sp³-hybridized carbons (Fsp3) is 0.176. The number of hydrogen-bond donors (Lipinski definition) is 1. The number of anilines is 1. The van der Waals surface area contributed by atoms with Gasteiger partial charge in [-0.05, 0) is 29.8 Å². The lowest BCUT2D eigenvalue weighted by atomic mass is 10.1. The molecule has 0 radical (unpaired) electrons. The highest BCUT2D eigenvalue weighted by molar-refractivity contribution is 8.00. The lowest BCUT2D eigenvalue weighted by Gasteiger charge is -2.17. The highest BCUT2D eigenvalue weighted by Gasteiger charge is 2.21. The van der Waals surface area contributed by atoms with E-state index in [-0.39, 0.29) is 11.7 Å². The number of hydrogen-bond acceptors (Lipinski definition) is 5. The largest absolute Gasteiger partial charge is 0.549 e. The van der Waals surface area contributed by atoms with Crippen molar-refractivity contribution in [1.29, 1.82) is 0 Å². The molecule has 23 heavy (non-hydrogen) atoms. The highest BCUT2D eigenvalue weighted by Crippen LogP contribution is 2.30. The van der Waals surface area contributed by atoms with Gasteiger partial charge in [0.05, 0.1) is 13.1 Å². The van der Waals surface area contributed by atoms with Crippen molar-refractivity contribution < 1.29 is 19.4 Å². The average Bonchev–Trinajstić information content (AvgIpc) is 2.56. The van der Waals surface area contributed by atoms with Crippen LogP contribution in [-0.2, 0) is 9.59 Å². The third kappa shape index (κ3) is 5.03. The van der Waals surface area contributed by atoms with Crippen LogP contribution in [-0.4, -0.2) is 24.7 Å². The number of carbonyl (C=O) groups excluding carboxylic acids is 2. The Bertz CT molecular complexity index is 658. The zero-order chi connectivity index (χ0) is 16.7. The summed E-state index contributed by atoms with van der Waals surface area (Å²) in [7, 11) is 1.57. The molecule has 0 saturated heterocycles. The molecule has 2 rings (SSSR count). The van der Waals surface area contributed by atoms with Crippen LogP contribution in [0.15, 0.2) is 54.6 Å². The van der Waals surface area contributed by atoms with Crippen molar-refractivity contribution in [3.63, 3.8) is 0 Å². The summed E-state index contributed by atoms with van der Waals surface area (Å²) in [5, 5.41) is 12.9. The van der Waals surface area contributed by atoms with E-state index in [9.17, 15) is 14.7 Å². The number of carboxylic acid groups (broad SMARTS) is 1. The quantitative estimate of drug-likeness (QED) is 0.838. The van der Waals surface area contributed by atoms with Crippen LogP contribution in [0.5, 0.6) is 5.75 Å². The van der Waals surface area contributed by atoms with Gasteiger partial charge in [-0.25, -0.2) is 0 Å². The van der Waals surface area contributed by atoms with Crippen LogP contribution >= 0.6 is 11.8 Å². The van der Waals surface area contributed by atoms with Gasteiger partial charge in [0.25, 0.3) is 0 Å². The van der Waals surface area contributed by atoms with Crippen molar-refractivity contribution >= 4 is 29.3 Å². The fourth-order valence-corrected chi connectivity index (χ4v) is 2.85. The molecule has 0 spiro atoms. The predicted octanol–water partition coefficient (Wildman–Crippen LogP) is 1.86. The van der Waals surface area contributed by atoms with Crippen LogP contribution in [0.25, 0.3) is 0 Å². The van der Waals surface area contributed by atoms with E-state index in [1.807, 2.05) is 18.2 Å². The van der Waals surface area contributed by atoms with Gasteiger partial charge in [-0.1, -0.05) is 30.3 Å². The Morgan fingerprint density at radius 3 is 2.35 bits per heavy atom. The van der Waals surface area contributed by atoms with Gasteiger partial charge in [-0.2, -0.15) is 0 Å². The monoisotopic (exact) mass is 330 g/mol. The number of carbonyl (C=O) groups is 2. The molecule has 5 nitrogen and oxygen atoms in total. The predicted molar refractivity (Wildman–Crippen MR) is 88.3 cm³/mol. The Hall–Kier alpha value is -2.47. The second-order valence-corrected chi connectivity index (χ2v) is 5.78. The summed E-state index contributed by atoms with van der Waals surface area (Å²) in [5.41, 5.74) is 1.36. The molecule has 6 heteroatoms. The molecule has 120 valence electrons. The molecule has 0 unspecified atom stereocenters. The van der Waals surface area contributed by atoms with E-state index < -0.39 is 11.2 Å². The maximum absolute atomic E-state index is 12.5. The molecular formula is C17H16NO4S-. The summed E-state index contributed by atoms with van der Waals surface area (Å²) in [6, 6.07) is 16.0. The fourth-order valence-electron chi connectivity index (χ4n) is 1.98. The van der Waals surface area contributed by atoms with Crippen molar-refractivity contribution in [1.82, 2.24) is 0 Å². The minimum Gasteiger partial charge on any atom is -0.549 e. The van der Waals surface area contributed by atoms with E-state index in [0.717, 1.165) is 17.3 Å². The molecule has 0 aliphatic heterocycles. The van der Waals surface area contributed by atoms with Crippen molar-refractivity contribution in [3.05, 3.63) is 60.2 Å². The number of thioether (sulfide) groups is 1. The maximum Gasteiger partial charge on any atom is 0.242 e. The Balaban J connectivity index is 2.13. The third-order valence-corrected chi connectivity index (χ3v) is 4.29. The van der Waals surface area contributed by atoms with Gasteiger partial charge in [0.1, 0.15) is 11.0 Å². The number of ether oxygens (including phenoxy) is 1. The van der Waals surface area contributed by atoms with Crippen LogP contribution in [0.2, 0.25) is 0 Å². The highest BCUT2D eigenvalue weighted by atomic mass is 32.2. The second kappa shape index (κ2) is 8.24. The Kier molecular flexibility index (Phi) is 6.05. The zero-order valence-corrected chi connectivity index (χ0v) is 13.3. The molecule has 0 fully saturated rings.